The monoisotopic (exact) mass is 263 g/mol. The van der Waals surface area contributed by atoms with Crippen LogP contribution in [0.3, 0.4) is 0 Å². The lowest BCUT2D eigenvalue weighted by atomic mass is 10.2. The van der Waals surface area contributed by atoms with Gasteiger partial charge in [-0.2, -0.15) is 0 Å². The normalized spacial score (nSPS) is 10.1. The summed E-state index contributed by atoms with van der Waals surface area (Å²) < 4.78 is 31.5. The first-order valence-electron chi connectivity index (χ1n) is 5.51. The van der Waals surface area contributed by atoms with Crippen LogP contribution in [0.1, 0.15) is 10.4 Å². The van der Waals surface area contributed by atoms with E-state index >= 15 is 0 Å². The molecule has 2 rings (SSSR count). The van der Waals surface area contributed by atoms with Gasteiger partial charge >= 0.3 is 0 Å². The van der Waals surface area contributed by atoms with Crippen LogP contribution in [0.25, 0.3) is 0 Å². The number of methoxy groups -OCH3 is 1. The standard InChI is InChI=1S/C14H11F2NO2/c1-19-13-5-3-2-4-12(13)17-14(18)10-8-9(15)6-7-11(10)16/h2-8H,1H3,(H,17,18). The highest BCUT2D eigenvalue weighted by Gasteiger charge is 2.14. The number of carbonyl (C=O) groups excluding carboxylic acids is 1. The highest BCUT2D eigenvalue weighted by molar-refractivity contribution is 6.05. The zero-order valence-corrected chi connectivity index (χ0v) is 10.1. The molecule has 0 spiro atoms. The van der Waals surface area contributed by atoms with E-state index in [-0.39, 0.29) is 5.56 Å². The van der Waals surface area contributed by atoms with Gasteiger partial charge in [-0.3, -0.25) is 4.79 Å². The Morgan fingerprint density at radius 2 is 1.89 bits per heavy atom. The molecule has 0 radical (unpaired) electrons. The summed E-state index contributed by atoms with van der Waals surface area (Å²) in [4.78, 5) is 11.9. The molecule has 2 aromatic rings. The molecule has 1 amide bonds. The molecule has 5 heteroatoms. The predicted octanol–water partition coefficient (Wildman–Crippen LogP) is 3.23. The summed E-state index contributed by atoms with van der Waals surface area (Å²) in [5.74, 6) is -1.76. The van der Waals surface area contributed by atoms with Crippen molar-refractivity contribution in [3.8, 4) is 5.75 Å². The highest BCUT2D eigenvalue weighted by atomic mass is 19.1. The lowest BCUT2D eigenvalue weighted by molar-refractivity contribution is 0.102. The summed E-state index contributed by atoms with van der Waals surface area (Å²) in [6.45, 7) is 0. The number of nitrogens with one attached hydrogen (secondary N) is 1. The van der Waals surface area contributed by atoms with Crippen LogP contribution in [0.4, 0.5) is 14.5 Å². The maximum atomic E-state index is 13.4. The summed E-state index contributed by atoms with van der Waals surface area (Å²) >= 11 is 0. The van der Waals surface area contributed by atoms with Crippen LogP contribution in [0.5, 0.6) is 5.75 Å². The minimum atomic E-state index is -0.784. The smallest absolute Gasteiger partial charge is 0.258 e. The molecular weight excluding hydrogens is 252 g/mol. The Bertz CT molecular complexity index is 614. The third-order valence-corrected chi connectivity index (χ3v) is 2.53. The van der Waals surface area contributed by atoms with E-state index in [1.807, 2.05) is 0 Å². The quantitative estimate of drug-likeness (QED) is 0.923. The number of halogens is 2. The zero-order valence-electron chi connectivity index (χ0n) is 10.1. The predicted molar refractivity (Wildman–Crippen MR) is 67.3 cm³/mol. The fourth-order valence-electron chi connectivity index (χ4n) is 1.61. The van der Waals surface area contributed by atoms with Crippen LogP contribution >= 0.6 is 0 Å². The van der Waals surface area contributed by atoms with Gasteiger partial charge in [-0.1, -0.05) is 12.1 Å². The molecule has 0 saturated carbocycles. The van der Waals surface area contributed by atoms with Gasteiger partial charge in [0.1, 0.15) is 17.4 Å². The zero-order chi connectivity index (χ0) is 13.8. The molecule has 0 unspecified atom stereocenters. The first-order valence-corrected chi connectivity index (χ1v) is 5.51. The Hall–Kier alpha value is -2.43. The van der Waals surface area contributed by atoms with Gasteiger partial charge in [-0.05, 0) is 30.3 Å². The Morgan fingerprint density at radius 1 is 1.16 bits per heavy atom. The molecule has 0 saturated heterocycles. The average Bonchev–Trinajstić information content (AvgIpc) is 2.42. The Labute approximate surface area is 108 Å². The average molecular weight is 263 g/mol. The summed E-state index contributed by atoms with van der Waals surface area (Å²) in [5, 5.41) is 2.48. The molecule has 1 N–H and O–H groups in total. The summed E-state index contributed by atoms with van der Waals surface area (Å²) in [6.07, 6.45) is 0. The molecule has 19 heavy (non-hydrogen) atoms. The Morgan fingerprint density at radius 3 is 2.63 bits per heavy atom. The molecule has 0 atom stereocenters. The van der Waals surface area contributed by atoms with Crippen LogP contribution in [0.15, 0.2) is 42.5 Å². The molecule has 0 heterocycles. The number of hydrogen-bond donors (Lipinski definition) is 1. The Balaban J connectivity index is 2.28. The van der Waals surface area contributed by atoms with E-state index in [9.17, 15) is 13.6 Å². The largest absolute Gasteiger partial charge is 0.495 e. The number of para-hydroxylation sites is 2. The SMILES string of the molecule is COc1ccccc1NC(=O)c1cc(F)ccc1F. The van der Waals surface area contributed by atoms with Crippen molar-refractivity contribution in [2.45, 2.75) is 0 Å². The lowest BCUT2D eigenvalue weighted by Gasteiger charge is -2.10. The van der Waals surface area contributed by atoms with E-state index in [2.05, 4.69) is 5.32 Å². The minimum absolute atomic E-state index is 0.356. The van der Waals surface area contributed by atoms with Gasteiger partial charge < -0.3 is 10.1 Å². The van der Waals surface area contributed by atoms with Crippen molar-refractivity contribution in [3.05, 3.63) is 59.7 Å². The van der Waals surface area contributed by atoms with Gasteiger partial charge in [-0.25, -0.2) is 8.78 Å². The van der Waals surface area contributed by atoms with Crippen LogP contribution in [0.2, 0.25) is 0 Å². The molecule has 0 aromatic heterocycles. The van der Waals surface area contributed by atoms with Crippen LogP contribution in [-0.4, -0.2) is 13.0 Å². The second-order valence-electron chi connectivity index (χ2n) is 3.78. The van der Waals surface area contributed by atoms with E-state index < -0.39 is 17.5 Å². The van der Waals surface area contributed by atoms with Crippen LogP contribution in [0, 0.1) is 11.6 Å². The first-order chi connectivity index (χ1) is 9.11. The van der Waals surface area contributed by atoms with Gasteiger partial charge in [0.05, 0.1) is 18.4 Å². The summed E-state index contributed by atoms with van der Waals surface area (Å²) in [5.41, 5.74) is 0.0320. The van der Waals surface area contributed by atoms with Crippen molar-refractivity contribution < 1.29 is 18.3 Å². The molecule has 2 aromatic carbocycles. The van der Waals surface area contributed by atoms with Crippen molar-refractivity contribution in [3.63, 3.8) is 0 Å². The fourth-order valence-corrected chi connectivity index (χ4v) is 1.61. The molecule has 0 aliphatic rings. The van der Waals surface area contributed by atoms with Crippen molar-refractivity contribution in [2.75, 3.05) is 12.4 Å². The molecule has 0 aliphatic carbocycles. The number of rotatable bonds is 3. The van der Waals surface area contributed by atoms with E-state index in [0.29, 0.717) is 11.4 Å². The molecule has 3 nitrogen and oxygen atoms in total. The van der Waals surface area contributed by atoms with Gasteiger partial charge in [0.25, 0.3) is 5.91 Å². The number of amides is 1. The maximum absolute atomic E-state index is 13.4. The van der Waals surface area contributed by atoms with Gasteiger partial charge in [0.2, 0.25) is 0 Å². The van der Waals surface area contributed by atoms with Gasteiger partial charge in [0.15, 0.2) is 0 Å². The van der Waals surface area contributed by atoms with Gasteiger partial charge in [-0.15, -0.1) is 0 Å². The molecule has 98 valence electrons. The number of hydrogen-bond acceptors (Lipinski definition) is 2. The van der Waals surface area contributed by atoms with Crippen molar-refractivity contribution in [1.29, 1.82) is 0 Å². The van der Waals surface area contributed by atoms with Crippen LogP contribution in [-0.2, 0) is 0 Å². The van der Waals surface area contributed by atoms with Crippen molar-refractivity contribution >= 4 is 11.6 Å². The number of ether oxygens (including phenoxy) is 1. The van der Waals surface area contributed by atoms with E-state index in [1.54, 1.807) is 24.3 Å². The van der Waals surface area contributed by atoms with Crippen molar-refractivity contribution in [1.82, 2.24) is 0 Å². The second kappa shape index (κ2) is 5.48. The summed E-state index contributed by atoms with van der Waals surface area (Å²) in [6, 6.07) is 9.39. The highest BCUT2D eigenvalue weighted by Crippen LogP contribution is 2.24. The number of anilines is 1. The van der Waals surface area contributed by atoms with E-state index in [4.69, 9.17) is 4.74 Å². The summed E-state index contributed by atoms with van der Waals surface area (Å²) in [7, 11) is 1.45. The van der Waals surface area contributed by atoms with Crippen molar-refractivity contribution in [2.24, 2.45) is 0 Å². The molecule has 0 bridgehead atoms. The third-order valence-electron chi connectivity index (χ3n) is 2.53. The second-order valence-corrected chi connectivity index (χ2v) is 3.78. The van der Waals surface area contributed by atoms with Crippen LogP contribution < -0.4 is 10.1 Å². The van der Waals surface area contributed by atoms with E-state index in [0.717, 1.165) is 18.2 Å². The number of benzene rings is 2. The Kier molecular flexibility index (Phi) is 3.75. The number of carbonyl (C=O) groups is 1. The molecule has 0 aliphatic heterocycles. The molecular formula is C14H11F2NO2. The first kappa shape index (κ1) is 13.0. The molecule has 0 fully saturated rings. The fraction of sp³-hybridized carbons (Fsp3) is 0.0714. The van der Waals surface area contributed by atoms with E-state index in [1.165, 1.54) is 7.11 Å². The lowest BCUT2D eigenvalue weighted by Crippen LogP contribution is -2.14. The third kappa shape index (κ3) is 2.88. The topological polar surface area (TPSA) is 38.3 Å². The maximum Gasteiger partial charge on any atom is 0.258 e. The van der Waals surface area contributed by atoms with Gasteiger partial charge in [0, 0.05) is 0 Å². The minimum Gasteiger partial charge on any atom is -0.495 e.